The van der Waals surface area contributed by atoms with Crippen molar-refractivity contribution in [2.24, 2.45) is 35.5 Å². The van der Waals surface area contributed by atoms with Crippen molar-refractivity contribution in [2.75, 3.05) is 0 Å². The Bertz CT molecular complexity index is 348. The summed E-state index contributed by atoms with van der Waals surface area (Å²) in [5, 5.41) is 0. The molecule has 0 bridgehead atoms. The Hall–Kier alpha value is -0.330. The van der Waals surface area contributed by atoms with Gasteiger partial charge in [0.05, 0.1) is 0 Å². The lowest BCUT2D eigenvalue weighted by Gasteiger charge is -2.51. The quantitative estimate of drug-likeness (QED) is 0.591. The van der Waals surface area contributed by atoms with Crippen molar-refractivity contribution in [1.82, 2.24) is 0 Å². The molecule has 6 atom stereocenters. The van der Waals surface area contributed by atoms with Crippen LogP contribution in [-0.2, 0) is 4.79 Å². The zero-order chi connectivity index (χ0) is 14.1. The second-order valence-electron chi connectivity index (χ2n) is 7.47. The molecule has 1 heteroatoms. The maximum absolute atomic E-state index is 12.0. The van der Waals surface area contributed by atoms with Crippen LogP contribution in [0.15, 0.2) is 0 Å². The average Bonchev–Trinajstić information content (AvgIpc) is 2.91. The molecule has 114 valence electrons. The van der Waals surface area contributed by atoms with Crippen LogP contribution >= 0.6 is 0 Å². The summed E-state index contributed by atoms with van der Waals surface area (Å²) in [6.45, 7) is 4.00. The molecule has 0 amide bonds. The number of rotatable bonds is 0. The van der Waals surface area contributed by atoms with E-state index in [9.17, 15) is 4.79 Å². The van der Waals surface area contributed by atoms with Gasteiger partial charge in [-0.25, -0.2) is 0 Å². The molecule has 0 heterocycles. The fourth-order valence-electron chi connectivity index (χ4n) is 6.25. The highest BCUT2D eigenvalue weighted by atomic mass is 16.1. The van der Waals surface area contributed by atoms with Gasteiger partial charge in [-0.1, -0.05) is 33.1 Å². The molecule has 0 spiro atoms. The summed E-state index contributed by atoms with van der Waals surface area (Å²) >= 11 is 0. The van der Waals surface area contributed by atoms with Gasteiger partial charge in [0.15, 0.2) is 0 Å². The minimum absolute atomic E-state index is 0.492. The molecule has 4 saturated carbocycles. The van der Waals surface area contributed by atoms with Gasteiger partial charge in [0.25, 0.3) is 0 Å². The Balaban J connectivity index is 0.000000581. The van der Waals surface area contributed by atoms with Gasteiger partial charge < -0.3 is 0 Å². The number of carbonyl (C=O) groups excluding carboxylic acids is 1. The number of hydrogen-bond donors (Lipinski definition) is 0. The van der Waals surface area contributed by atoms with Crippen LogP contribution in [0, 0.1) is 35.5 Å². The lowest BCUT2D eigenvalue weighted by molar-refractivity contribution is -0.124. The van der Waals surface area contributed by atoms with E-state index in [1.807, 2.05) is 13.8 Å². The van der Waals surface area contributed by atoms with Crippen molar-refractivity contribution < 1.29 is 4.79 Å². The minimum atomic E-state index is 0.492. The van der Waals surface area contributed by atoms with E-state index in [1.165, 1.54) is 57.8 Å². The summed E-state index contributed by atoms with van der Waals surface area (Å²) in [4.78, 5) is 12.0. The third-order valence-electron chi connectivity index (χ3n) is 6.95. The first-order chi connectivity index (χ1) is 9.84. The van der Waals surface area contributed by atoms with Gasteiger partial charge in [-0.2, -0.15) is 0 Å². The first kappa shape index (κ1) is 14.6. The molecule has 1 nitrogen and oxygen atoms in total. The van der Waals surface area contributed by atoms with Crippen LogP contribution < -0.4 is 0 Å². The van der Waals surface area contributed by atoms with Gasteiger partial charge >= 0.3 is 0 Å². The van der Waals surface area contributed by atoms with E-state index in [4.69, 9.17) is 0 Å². The van der Waals surface area contributed by atoms with Gasteiger partial charge in [-0.15, -0.1) is 0 Å². The normalized spacial score (nSPS) is 46.6. The summed E-state index contributed by atoms with van der Waals surface area (Å²) in [6, 6.07) is 0. The molecule has 0 aliphatic heterocycles. The van der Waals surface area contributed by atoms with Crippen LogP contribution in [0.5, 0.6) is 0 Å². The Morgan fingerprint density at radius 2 is 1.40 bits per heavy atom. The smallest absolute Gasteiger partial charge is 0.136 e. The fourth-order valence-corrected chi connectivity index (χ4v) is 6.25. The molecule has 0 saturated heterocycles. The highest BCUT2D eigenvalue weighted by Gasteiger charge is 2.50. The molecule has 4 aliphatic carbocycles. The molecule has 5 unspecified atom stereocenters. The SMILES string of the molecule is CC.O=C1CC[C@H]2C1CCC1C3CCCCC3CCC12. The Kier molecular flexibility index (Phi) is 4.52. The Labute approximate surface area is 124 Å². The molecule has 0 aromatic heterocycles. The third kappa shape index (κ3) is 2.35. The lowest BCUT2D eigenvalue weighted by Crippen LogP contribution is -2.44. The summed E-state index contributed by atoms with van der Waals surface area (Å²) < 4.78 is 0. The zero-order valence-corrected chi connectivity index (χ0v) is 13.4. The summed E-state index contributed by atoms with van der Waals surface area (Å²) in [5.74, 6) is 5.98. The van der Waals surface area contributed by atoms with Crippen molar-refractivity contribution in [1.29, 1.82) is 0 Å². The molecule has 0 aromatic carbocycles. The number of Topliss-reactive ketones (excluding diaryl/α,β-unsaturated/α-hetero) is 1. The highest BCUT2D eigenvalue weighted by Crippen LogP contribution is 2.57. The van der Waals surface area contributed by atoms with Gasteiger partial charge in [0.2, 0.25) is 0 Å². The predicted octanol–water partition coefficient (Wildman–Crippen LogP) is 5.23. The van der Waals surface area contributed by atoms with Crippen LogP contribution in [0.4, 0.5) is 0 Å². The molecular weight excluding hydrogens is 244 g/mol. The van der Waals surface area contributed by atoms with E-state index < -0.39 is 0 Å². The maximum Gasteiger partial charge on any atom is 0.136 e. The Morgan fingerprint density at radius 3 is 2.25 bits per heavy atom. The summed E-state index contributed by atoms with van der Waals surface area (Å²) in [6.07, 6.45) is 13.7. The zero-order valence-electron chi connectivity index (χ0n) is 13.4. The molecule has 0 aromatic rings. The van der Waals surface area contributed by atoms with Crippen LogP contribution in [0.25, 0.3) is 0 Å². The standard InChI is InChI=1S/C17H26O.C2H6/c18-17-10-9-15-14-6-5-11-3-1-2-4-12(11)13(14)7-8-16(15)17;1-2/h11-16H,1-10H2;1-2H3/t11?,12?,13?,14?,15-,16?;/m1./s1. The number of carbonyl (C=O) groups is 1. The first-order valence-electron chi connectivity index (χ1n) is 9.37. The van der Waals surface area contributed by atoms with E-state index in [-0.39, 0.29) is 0 Å². The maximum atomic E-state index is 12.0. The lowest BCUT2D eigenvalue weighted by atomic mass is 9.54. The third-order valence-corrected chi connectivity index (χ3v) is 6.95. The first-order valence-corrected chi connectivity index (χ1v) is 9.37. The molecular formula is C19H32O. The molecule has 4 aliphatic rings. The summed E-state index contributed by atoms with van der Waals surface area (Å²) in [5.41, 5.74) is 0. The van der Waals surface area contributed by atoms with Crippen molar-refractivity contribution in [3.05, 3.63) is 0 Å². The minimum Gasteiger partial charge on any atom is -0.299 e. The molecule has 0 N–H and O–H groups in total. The van der Waals surface area contributed by atoms with Crippen molar-refractivity contribution in [2.45, 2.75) is 78.1 Å². The van der Waals surface area contributed by atoms with E-state index in [0.717, 1.165) is 36.0 Å². The van der Waals surface area contributed by atoms with E-state index >= 15 is 0 Å². The Morgan fingerprint density at radius 1 is 0.700 bits per heavy atom. The van der Waals surface area contributed by atoms with Crippen LogP contribution in [0.2, 0.25) is 0 Å². The molecule has 4 rings (SSSR count). The summed E-state index contributed by atoms with van der Waals surface area (Å²) in [7, 11) is 0. The van der Waals surface area contributed by atoms with Crippen LogP contribution in [0.1, 0.15) is 78.1 Å². The van der Waals surface area contributed by atoms with Crippen molar-refractivity contribution >= 4 is 5.78 Å². The number of fused-ring (bicyclic) bond motifs is 5. The second kappa shape index (κ2) is 6.20. The fraction of sp³-hybridized carbons (Fsp3) is 0.947. The van der Waals surface area contributed by atoms with E-state index in [2.05, 4.69) is 0 Å². The van der Waals surface area contributed by atoms with Gasteiger partial charge in [-0.3, -0.25) is 4.79 Å². The van der Waals surface area contributed by atoms with Crippen LogP contribution in [-0.4, -0.2) is 5.78 Å². The van der Waals surface area contributed by atoms with Crippen molar-refractivity contribution in [3.63, 3.8) is 0 Å². The van der Waals surface area contributed by atoms with E-state index in [0.29, 0.717) is 11.7 Å². The van der Waals surface area contributed by atoms with Gasteiger partial charge in [-0.05, 0) is 68.1 Å². The highest BCUT2D eigenvalue weighted by molar-refractivity contribution is 5.83. The second-order valence-corrected chi connectivity index (χ2v) is 7.47. The molecule has 4 fully saturated rings. The van der Waals surface area contributed by atoms with Gasteiger partial charge in [0, 0.05) is 12.3 Å². The largest absolute Gasteiger partial charge is 0.299 e. The average molecular weight is 276 g/mol. The number of ketones is 1. The molecule has 20 heavy (non-hydrogen) atoms. The van der Waals surface area contributed by atoms with Crippen molar-refractivity contribution in [3.8, 4) is 0 Å². The molecule has 0 radical (unpaired) electrons. The van der Waals surface area contributed by atoms with E-state index in [1.54, 1.807) is 0 Å². The predicted molar refractivity (Wildman–Crippen MR) is 83.5 cm³/mol. The number of hydrogen-bond acceptors (Lipinski definition) is 1. The topological polar surface area (TPSA) is 17.1 Å². The van der Waals surface area contributed by atoms with Gasteiger partial charge in [0.1, 0.15) is 5.78 Å². The monoisotopic (exact) mass is 276 g/mol. The van der Waals surface area contributed by atoms with Crippen LogP contribution in [0.3, 0.4) is 0 Å².